The summed E-state index contributed by atoms with van der Waals surface area (Å²) < 4.78 is 2.47. The summed E-state index contributed by atoms with van der Waals surface area (Å²) in [6.07, 6.45) is 0. The molecule has 41 heavy (non-hydrogen) atoms. The van der Waals surface area contributed by atoms with Crippen LogP contribution in [0.3, 0.4) is 0 Å². The van der Waals surface area contributed by atoms with Gasteiger partial charge in [-0.15, -0.1) is 0 Å². The summed E-state index contributed by atoms with van der Waals surface area (Å²) in [5.74, 6) is 0. The van der Waals surface area contributed by atoms with Crippen molar-refractivity contribution in [2.24, 2.45) is 0 Å². The molecule has 0 aliphatic heterocycles. The van der Waals surface area contributed by atoms with Crippen molar-refractivity contribution in [1.82, 2.24) is 4.57 Å². The van der Waals surface area contributed by atoms with E-state index in [9.17, 15) is 0 Å². The topological polar surface area (TPSA) is 4.93 Å². The van der Waals surface area contributed by atoms with Crippen LogP contribution in [0.2, 0.25) is 0 Å². The molecule has 0 bridgehead atoms. The van der Waals surface area contributed by atoms with Crippen LogP contribution in [-0.4, -0.2) is 4.57 Å². The minimum Gasteiger partial charge on any atom is -0.309 e. The third-order valence-electron chi connectivity index (χ3n) is 8.73. The molecule has 0 fully saturated rings. The van der Waals surface area contributed by atoms with E-state index in [2.05, 4.69) is 156 Å². The van der Waals surface area contributed by atoms with E-state index < -0.39 is 0 Å². The van der Waals surface area contributed by atoms with Gasteiger partial charge in [-0.1, -0.05) is 127 Å². The van der Waals surface area contributed by atoms with E-state index in [0.29, 0.717) is 0 Å². The molecule has 1 heteroatoms. The van der Waals surface area contributed by atoms with Gasteiger partial charge in [0.25, 0.3) is 0 Å². The average molecular weight is 520 g/mol. The Labute approximate surface area is 238 Å². The summed E-state index contributed by atoms with van der Waals surface area (Å²) in [6, 6.07) is 55.4. The first-order valence-electron chi connectivity index (χ1n) is 14.2. The number of hydrogen-bond acceptors (Lipinski definition) is 0. The Balaban J connectivity index is 1.37. The second-order valence-corrected chi connectivity index (χ2v) is 10.9. The van der Waals surface area contributed by atoms with Gasteiger partial charge in [0.2, 0.25) is 0 Å². The lowest BCUT2D eigenvalue weighted by atomic mass is 9.93. The van der Waals surface area contributed by atoms with E-state index in [1.807, 2.05) is 0 Å². The number of fused-ring (bicyclic) bond motifs is 3. The zero-order valence-corrected chi connectivity index (χ0v) is 22.4. The molecule has 0 N–H and O–H groups in total. The smallest absolute Gasteiger partial charge is 0.0548 e. The van der Waals surface area contributed by atoms with E-state index in [-0.39, 0.29) is 0 Å². The maximum atomic E-state index is 2.47. The monoisotopic (exact) mass is 519 g/mol. The van der Waals surface area contributed by atoms with E-state index in [1.54, 1.807) is 0 Å². The summed E-state index contributed by atoms with van der Waals surface area (Å²) in [5, 5.41) is 5.30. The Bertz CT molecular complexity index is 2300. The number of hydrogen-bond donors (Lipinski definition) is 0. The predicted octanol–water partition coefficient (Wildman–Crippen LogP) is 10.9. The fourth-order valence-corrected chi connectivity index (χ4v) is 7.02. The zero-order chi connectivity index (χ0) is 26.9. The van der Waals surface area contributed by atoms with Gasteiger partial charge in [-0.2, -0.15) is 0 Å². The summed E-state index contributed by atoms with van der Waals surface area (Å²) in [4.78, 5) is 0. The zero-order valence-electron chi connectivity index (χ0n) is 22.4. The standard InChI is InChI=1S/C40H25N/c1-2-11-26(12-3-1)30-16-4-5-17-31(30)28-14-8-15-29(25-28)41-36-22-10-21-35-33-19-7-6-18-32(33)34-20-9-13-27-23-24-37(41)40(38(27)34)39(35)36/h1-25H. The van der Waals surface area contributed by atoms with Crippen molar-refractivity contribution < 1.29 is 0 Å². The molecule has 1 nitrogen and oxygen atoms in total. The normalized spacial score (nSPS) is 11.9. The van der Waals surface area contributed by atoms with Crippen molar-refractivity contribution in [3.63, 3.8) is 0 Å². The van der Waals surface area contributed by atoms with Crippen LogP contribution in [-0.2, 0) is 0 Å². The third-order valence-corrected chi connectivity index (χ3v) is 8.73. The van der Waals surface area contributed by atoms with Gasteiger partial charge in [0.05, 0.1) is 11.0 Å². The Morgan fingerprint density at radius 1 is 0.317 bits per heavy atom. The van der Waals surface area contributed by atoms with Gasteiger partial charge >= 0.3 is 0 Å². The molecular formula is C40H25N. The van der Waals surface area contributed by atoms with E-state index in [0.717, 1.165) is 0 Å². The first kappa shape index (κ1) is 22.4. The fraction of sp³-hybridized carbons (Fsp3) is 0. The molecule has 0 saturated carbocycles. The number of rotatable bonds is 3. The van der Waals surface area contributed by atoms with Crippen LogP contribution in [0.5, 0.6) is 0 Å². The molecule has 0 atom stereocenters. The Hall–Kier alpha value is -5.40. The third kappa shape index (κ3) is 3.18. The maximum Gasteiger partial charge on any atom is 0.0548 e. The van der Waals surface area contributed by atoms with Crippen LogP contribution >= 0.6 is 0 Å². The molecular weight excluding hydrogens is 494 g/mol. The van der Waals surface area contributed by atoms with Gasteiger partial charge in [-0.3, -0.25) is 0 Å². The highest BCUT2D eigenvalue weighted by Gasteiger charge is 2.24. The molecule has 1 heterocycles. The first-order chi connectivity index (χ1) is 20.4. The van der Waals surface area contributed by atoms with Crippen LogP contribution in [0, 0.1) is 0 Å². The van der Waals surface area contributed by atoms with Gasteiger partial charge in [-0.25, -0.2) is 0 Å². The number of nitrogens with zero attached hydrogens (tertiary/aromatic N) is 1. The lowest BCUT2D eigenvalue weighted by Gasteiger charge is -2.15. The van der Waals surface area contributed by atoms with Crippen LogP contribution < -0.4 is 0 Å². The van der Waals surface area contributed by atoms with E-state index >= 15 is 0 Å². The second-order valence-electron chi connectivity index (χ2n) is 10.9. The molecule has 0 unspecified atom stereocenters. The van der Waals surface area contributed by atoms with Gasteiger partial charge in [0, 0.05) is 16.5 Å². The van der Waals surface area contributed by atoms with Gasteiger partial charge in [0.1, 0.15) is 0 Å². The van der Waals surface area contributed by atoms with Gasteiger partial charge in [-0.05, 0) is 79.5 Å². The van der Waals surface area contributed by atoms with Crippen LogP contribution in [0.25, 0.3) is 82.8 Å². The fourth-order valence-electron chi connectivity index (χ4n) is 7.02. The summed E-state index contributed by atoms with van der Waals surface area (Å²) in [5.41, 5.74) is 13.8. The molecule has 9 rings (SSSR count). The Morgan fingerprint density at radius 2 is 0.878 bits per heavy atom. The van der Waals surface area contributed by atoms with E-state index in [4.69, 9.17) is 0 Å². The Morgan fingerprint density at radius 3 is 1.66 bits per heavy atom. The molecule has 190 valence electrons. The lowest BCUT2D eigenvalue weighted by Crippen LogP contribution is -1.95. The molecule has 7 aromatic carbocycles. The predicted molar refractivity (Wildman–Crippen MR) is 174 cm³/mol. The molecule has 1 aliphatic rings. The van der Waals surface area contributed by atoms with Crippen molar-refractivity contribution in [2.75, 3.05) is 0 Å². The molecule has 8 aromatic rings. The van der Waals surface area contributed by atoms with Gasteiger partial charge in [0.15, 0.2) is 0 Å². The van der Waals surface area contributed by atoms with Crippen molar-refractivity contribution in [2.45, 2.75) is 0 Å². The highest BCUT2D eigenvalue weighted by molar-refractivity contribution is 6.30. The maximum absolute atomic E-state index is 2.47. The summed E-state index contributed by atoms with van der Waals surface area (Å²) in [7, 11) is 0. The van der Waals surface area contributed by atoms with Crippen molar-refractivity contribution in [1.29, 1.82) is 0 Å². The highest BCUT2D eigenvalue weighted by atomic mass is 15.0. The molecule has 0 radical (unpaired) electrons. The molecule has 0 saturated heterocycles. The molecule has 1 aromatic heterocycles. The van der Waals surface area contributed by atoms with Crippen LogP contribution in [0.4, 0.5) is 0 Å². The SMILES string of the molecule is c1ccc(-c2ccccc2-c2cccc(-n3c4cccc5c4c4c6c(cccc6ccc43)-c3ccccc3-5)c2)cc1. The minimum absolute atomic E-state index is 1.17. The van der Waals surface area contributed by atoms with Crippen molar-refractivity contribution in [3.8, 4) is 50.2 Å². The summed E-state index contributed by atoms with van der Waals surface area (Å²) in [6.45, 7) is 0. The summed E-state index contributed by atoms with van der Waals surface area (Å²) >= 11 is 0. The largest absolute Gasteiger partial charge is 0.309 e. The average Bonchev–Trinajstić information content (AvgIpc) is 3.33. The molecule has 0 amide bonds. The van der Waals surface area contributed by atoms with E-state index in [1.165, 1.54) is 82.8 Å². The Kier molecular flexibility index (Phi) is 4.67. The number of aromatic nitrogens is 1. The van der Waals surface area contributed by atoms with Crippen molar-refractivity contribution >= 4 is 32.6 Å². The minimum atomic E-state index is 1.17. The number of benzene rings is 7. The first-order valence-corrected chi connectivity index (χ1v) is 14.2. The van der Waals surface area contributed by atoms with Crippen LogP contribution in [0.15, 0.2) is 152 Å². The highest BCUT2D eigenvalue weighted by Crippen LogP contribution is 2.49. The lowest BCUT2D eigenvalue weighted by molar-refractivity contribution is 1.18. The second kappa shape index (κ2) is 8.55. The molecule has 0 spiro atoms. The van der Waals surface area contributed by atoms with Crippen molar-refractivity contribution in [3.05, 3.63) is 152 Å². The quantitative estimate of drug-likeness (QED) is 0.219. The molecule has 1 aliphatic carbocycles. The van der Waals surface area contributed by atoms with Crippen LogP contribution in [0.1, 0.15) is 0 Å². The van der Waals surface area contributed by atoms with Gasteiger partial charge < -0.3 is 4.57 Å².